The molecule has 4 heterocycles. The maximum absolute atomic E-state index is 14.5. The van der Waals surface area contributed by atoms with Crippen molar-refractivity contribution in [1.29, 1.82) is 0 Å². The number of fused-ring (bicyclic) bond motifs is 1. The van der Waals surface area contributed by atoms with Crippen LogP contribution in [0.1, 0.15) is 68.6 Å². The summed E-state index contributed by atoms with van der Waals surface area (Å²) in [5.74, 6) is 0.0500. The van der Waals surface area contributed by atoms with Crippen molar-refractivity contribution in [3.63, 3.8) is 0 Å². The Hall–Kier alpha value is -3.02. The smallest absolute Gasteiger partial charge is 0.264 e. The van der Waals surface area contributed by atoms with Crippen LogP contribution in [0.3, 0.4) is 0 Å². The van der Waals surface area contributed by atoms with Crippen LogP contribution in [0.4, 0.5) is 14.5 Å². The molecule has 2 saturated heterocycles. The molecule has 4 aliphatic heterocycles. The number of halogens is 2. The number of hydrogen-bond donors (Lipinski definition) is 4. The quantitative estimate of drug-likeness (QED) is 0.318. The van der Waals surface area contributed by atoms with Crippen molar-refractivity contribution in [3.8, 4) is 0 Å². The average Bonchev–Trinajstić information content (AvgIpc) is 3.04. The van der Waals surface area contributed by atoms with E-state index in [0.717, 1.165) is 81.7 Å². The second kappa shape index (κ2) is 14.8. The van der Waals surface area contributed by atoms with Gasteiger partial charge in [-0.2, -0.15) is 0 Å². The fourth-order valence-electron chi connectivity index (χ4n) is 7.54. The number of nitrogens with one attached hydrogen (secondary N) is 3. The minimum absolute atomic E-state index is 0.0500. The number of nitrogens with two attached hydrogens (primary N) is 1. The summed E-state index contributed by atoms with van der Waals surface area (Å²) < 4.78 is 29.0. The lowest BCUT2D eigenvalue weighted by molar-refractivity contribution is -0.128. The first-order valence-corrected chi connectivity index (χ1v) is 16.3. The normalized spacial score (nSPS) is 22.2. The van der Waals surface area contributed by atoms with Crippen LogP contribution in [-0.4, -0.2) is 100 Å². The van der Waals surface area contributed by atoms with E-state index in [1.165, 1.54) is 31.0 Å². The van der Waals surface area contributed by atoms with Crippen molar-refractivity contribution in [2.24, 2.45) is 10.7 Å². The highest BCUT2D eigenvalue weighted by atomic mass is 19.3. The number of amides is 1. The second-order valence-corrected chi connectivity index (χ2v) is 12.5. The molecule has 0 aliphatic carbocycles. The van der Waals surface area contributed by atoms with Crippen LogP contribution >= 0.6 is 0 Å². The third kappa shape index (κ3) is 7.10. The van der Waals surface area contributed by atoms with Gasteiger partial charge in [0.15, 0.2) is 0 Å². The summed E-state index contributed by atoms with van der Waals surface area (Å²) in [6.07, 6.45) is 7.03. The molecule has 242 valence electrons. The number of benzene rings is 1. The molecule has 0 saturated carbocycles. The number of hydrogen-bond acceptors (Lipinski definition) is 8. The van der Waals surface area contributed by atoms with E-state index in [1.54, 1.807) is 20.0 Å². The van der Waals surface area contributed by atoms with E-state index in [9.17, 15) is 13.6 Å². The number of likely N-dealkylation sites (tertiary alicyclic amines) is 1. The van der Waals surface area contributed by atoms with Gasteiger partial charge in [-0.15, -0.1) is 0 Å². The van der Waals surface area contributed by atoms with Gasteiger partial charge in [0.1, 0.15) is 6.17 Å². The molecule has 0 bridgehead atoms. The molecule has 9 nitrogen and oxygen atoms in total. The molecule has 1 atom stereocenters. The lowest BCUT2D eigenvalue weighted by atomic mass is 9.91. The fraction of sp³-hybridized carbons (Fsp3) is 0.636. The zero-order valence-electron chi connectivity index (χ0n) is 26.5. The van der Waals surface area contributed by atoms with Crippen molar-refractivity contribution >= 4 is 23.4 Å². The Morgan fingerprint density at radius 1 is 1.11 bits per heavy atom. The maximum Gasteiger partial charge on any atom is 0.264 e. The van der Waals surface area contributed by atoms with Gasteiger partial charge in [-0.3, -0.25) is 15.1 Å². The first-order chi connectivity index (χ1) is 21.3. The van der Waals surface area contributed by atoms with Crippen molar-refractivity contribution in [2.75, 3.05) is 64.8 Å². The number of aliphatic imine (C=N–C) groups is 1. The summed E-state index contributed by atoms with van der Waals surface area (Å²) in [4.78, 5) is 23.4. The molecule has 1 aromatic rings. The average molecular weight is 613 g/mol. The van der Waals surface area contributed by atoms with E-state index >= 15 is 0 Å². The summed E-state index contributed by atoms with van der Waals surface area (Å²) in [6, 6.07) is 4.56. The summed E-state index contributed by atoms with van der Waals surface area (Å²) >= 11 is 0. The molecule has 0 radical (unpaired) electrons. The SMILES string of the molecule is CN=C/C(=C\N)c1cc2c(cc1C(F)F)N(C(NC)C1=C(NC3CCN(C4CCNCC4)CC3)CCN(C(C)=O)C1)CCC2. The van der Waals surface area contributed by atoms with Crippen LogP contribution in [0.5, 0.6) is 0 Å². The minimum Gasteiger partial charge on any atom is -0.404 e. The van der Waals surface area contributed by atoms with E-state index in [4.69, 9.17) is 5.73 Å². The summed E-state index contributed by atoms with van der Waals surface area (Å²) in [6.45, 7) is 7.94. The molecule has 0 aromatic heterocycles. The largest absolute Gasteiger partial charge is 0.404 e. The number of anilines is 1. The zero-order chi connectivity index (χ0) is 31.2. The number of carbonyl (C=O) groups is 1. The fourth-order valence-corrected chi connectivity index (χ4v) is 7.54. The van der Waals surface area contributed by atoms with Gasteiger partial charge in [0, 0.05) is 106 Å². The molecule has 44 heavy (non-hydrogen) atoms. The third-order valence-corrected chi connectivity index (χ3v) is 9.87. The van der Waals surface area contributed by atoms with E-state index in [2.05, 4.69) is 30.7 Å². The first kappa shape index (κ1) is 32.4. The van der Waals surface area contributed by atoms with Gasteiger partial charge in [0.2, 0.25) is 5.91 Å². The van der Waals surface area contributed by atoms with Gasteiger partial charge in [0.25, 0.3) is 6.43 Å². The monoisotopic (exact) mass is 612 g/mol. The summed E-state index contributed by atoms with van der Waals surface area (Å²) in [5.41, 5.74) is 10.8. The van der Waals surface area contributed by atoms with Crippen molar-refractivity contribution < 1.29 is 13.6 Å². The lowest BCUT2D eigenvalue weighted by Gasteiger charge is -2.44. The van der Waals surface area contributed by atoms with Crippen LogP contribution in [-0.2, 0) is 11.2 Å². The number of carbonyl (C=O) groups excluding carboxylic acids is 1. The van der Waals surface area contributed by atoms with Crippen molar-refractivity contribution in [1.82, 2.24) is 25.8 Å². The summed E-state index contributed by atoms with van der Waals surface area (Å²) in [5, 5.41) is 10.9. The number of likely N-dealkylation sites (N-methyl/N-ethyl adjacent to an activating group) is 1. The lowest BCUT2D eigenvalue weighted by Crippen LogP contribution is -2.54. The Balaban J connectivity index is 1.44. The van der Waals surface area contributed by atoms with Gasteiger partial charge >= 0.3 is 0 Å². The molecule has 11 heteroatoms. The molecule has 2 fully saturated rings. The van der Waals surface area contributed by atoms with E-state index < -0.39 is 6.43 Å². The van der Waals surface area contributed by atoms with Crippen LogP contribution in [0.25, 0.3) is 5.57 Å². The topological polar surface area (TPSA) is 101 Å². The predicted octanol–water partition coefficient (Wildman–Crippen LogP) is 3.23. The molecule has 1 amide bonds. The molecule has 1 unspecified atom stereocenters. The number of aryl methyl sites for hydroxylation is 1. The molecule has 1 aromatic carbocycles. The van der Waals surface area contributed by atoms with E-state index in [0.29, 0.717) is 36.3 Å². The van der Waals surface area contributed by atoms with Gasteiger partial charge < -0.3 is 31.1 Å². The van der Waals surface area contributed by atoms with E-state index in [-0.39, 0.29) is 17.6 Å². The maximum atomic E-state index is 14.5. The summed E-state index contributed by atoms with van der Waals surface area (Å²) in [7, 11) is 3.53. The molecular weight excluding hydrogens is 562 g/mol. The highest BCUT2D eigenvalue weighted by molar-refractivity contribution is 6.10. The zero-order valence-corrected chi connectivity index (χ0v) is 26.5. The van der Waals surface area contributed by atoms with Gasteiger partial charge in [-0.1, -0.05) is 0 Å². The van der Waals surface area contributed by atoms with Crippen LogP contribution in [0.2, 0.25) is 0 Å². The van der Waals surface area contributed by atoms with Crippen molar-refractivity contribution in [3.05, 3.63) is 46.3 Å². The number of nitrogens with zero attached hydrogens (tertiary/aromatic N) is 4. The molecule has 0 spiro atoms. The second-order valence-electron chi connectivity index (χ2n) is 12.5. The van der Waals surface area contributed by atoms with Gasteiger partial charge in [0.05, 0.1) is 0 Å². The number of piperidine rings is 2. The predicted molar refractivity (Wildman–Crippen MR) is 174 cm³/mol. The number of alkyl halides is 2. The Kier molecular flexibility index (Phi) is 10.9. The first-order valence-electron chi connectivity index (χ1n) is 16.3. The standard InChI is InChI=1S/C33H50F2N8O/c1-22(44)42-16-10-30(40-25-8-14-41(15-9-25)26-6-11-39-12-7-26)29(21-42)33(38-3)43-13-4-5-23-17-27(24(19-36)20-37-2)28(32(34)35)18-31(23)43/h17-20,25-26,32-33,38-40H,4-16,21,36H2,1-3H3/b24-19+,37-20?. The Labute approximate surface area is 261 Å². The Bertz CT molecular complexity index is 1250. The van der Waals surface area contributed by atoms with Gasteiger partial charge in [-0.25, -0.2) is 8.78 Å². The van der Waals surface area contributed by atoms with Crippen LogP contribution in [0, 0.1) is 0 Å². The molecule has 5 N–H and O–H groups in total. The van der Waals surface area contributed by atoms with Crippen LogP contribution in [0.15, 0.2) is 34.6 Å². The Morgan fingerprint density at radius 2 is 1.86 bits per heavy atom. The minimum atomic E-state index is -2.66. The number of rotatable bonds is 9. The molecule has 4 aliphatic rings. The van der Waals surface area contributed by atoms with Crippen molar-refractivity contribution in [2.45, 2.75) is 76.5 Å². The molecular formula is C33H50F2N8O. The highest BCUT2D eigenvalue weighted by Crippen LogP contribution is 2.38. The Morgan fingerprint density at radius 3 is 2.50 bits per heavy atom. The van der Waals surface area contributed by atoms with Crippen LogP contribution < -0.4 is 26.6 Å². The third-order valence-electron chi connectivity index (χ3n) is 9.87. The van der Waals surface area contributed by atoms with Gasteiger partial charge in [-0.05, 0) is 81.9 Å². The molecule has 5 rings (SSSR count). The number of allylic oxidation sites excluding steroid dienone is 1. The van der Waals surface area contributed by atoms with E-state index in [1.807, 2.05) is 18.0 Å². The highest BCUT2D eigenvalue weighted by Gasteiger charge is 2.34.